The summed E-state index contributed by atoms with van der Waals surface area (Å²) in [6.07, 6.45) is 3.23. The summed E-state index contributed by atoms with van der Waals surface area (Å²) < 4.78 is 0. The second kappa shape index (κ2) is 3.63. The van der Waals surface area contributed by atoms with Crippen molar-refractivity contribution in [1.82, 2.24) is 5.32 Å². The molecule has 0 saturated heterocycles. The molecule has 0 saturated carbocycles. The topological polar surface area (TPSA) is 40.1 Å². The second-order valence-corrected chi connectivity index (χ2v) is 4.80. The Morgan fingerprint density at radius 3 is 3.00 bits per heavy atom. The summed E-state index contributed by atoms with van der Waals surface area (Å²) in [6.45, 7) is 2.23. The zero-order chi connectivity index (χ0) is 11.1. The molecule has 0 amide bonds. The van der Waals surface area contributed by atoms with Gasteiger partial charge in [0.15, 0.2) is 0 Å². The number of allylic oxidation sites excluding steroid dienone is 1. The first-order valence-corrected chi connectivity index (χ1v) is 6.09. The van der Waals surface area contributed by atoms with Crippen molar-refractivity contribution in [3.05, 3.63) is 35.5 Å². The highest BCUT2D eigenvalue weighted by Crippen LogP contribution is 2.44. The van der Waals surface area contributed by atoms with Gasteiger partial charge in [0.1, 0.15) is 0 Å². The minimum Gasteiger partial charge on any atom is -0.327 e. The van der Waals surface area contributed by atoms with E-state index in [0.717, 1.165) is 24.9 Å². The van der Waals surface area contributed by atoms with Gasteiger partial charge in [0.25, 0.3) is 0 Å². The monoisotopic (exact) mass is 213 g/mol. The molecule has 0 bridgehead atoms. The highest BCUT2D eigenvalue weighted by atomic mass is 14.9. The largest absolute Gasteiger partial charge is 0.327 e. The van der Waals surface area contributed by atoms with Gasteiger partial charge >= 0.3 is 0 Å². The van der Waals surface area contributed by atoms with Crippen LogP contribution in [0.25, 0.3) is 5.57 Å². The molecule has 1 unspecified atom stereocenters. The van der Waals surface area contributed by atoms with Gasteiger partial charge in [0.05, 0.1) is 5.69 Å². The van der Waals surface area contributed by atoms with Crippen LogP contribution >= 0.6 is 0 Å². The van der Waals surface area contributed by atoms with E-state index in [9.17, 15) is 0 Å². The third kappa shape index (κ3) is 1.37. The molecular formula is C14H17N2. The lowest BCUT2D eigenvalue weighted by molar-refractivity contribution is 0.444. The van der Waals surface area contributed by atoms with Gasteiger partial charge in [-0.3, -0.25) is 5.32 Å². The molecule has 1 radical (unpaired) electrons. The van der Waals surface area contributed by atoms with E-state index in [1.54, 1.807) is 0 Å². The van der Waals surface area contributed by atoms with Crippen LogP contribution < -0.4 is 11.1 Å². The molecule has 2 N–H and O–H groups in total. The van der Waals surface area contributed by atoms with E-state index in [4.69, 9.17) is 11.1 Å². The maximum Gasteiger partial charge on any atom is 0.0708 e. The molecule has 0 fully saturated rings. The number of benzene rings is 1. The Hall–Kier alpha value is -1.28. The average molecular weight is 213 g/mol. The maximum absolute atomic E-state index is 6.14. The summed E-state index contributed by atoms with van der Waals surface area (Å²) >= 11 is 0. The minimum absolute atomic E-state index is 0.310. The number of hydrogen-bond acceptors (Lipinski definition) is 1. The fourth-order valence-corrected chi connectivity index (χ4v) is 2.90. The molecule has 1 aliphatic carbocycles. The fourth-order valence-electron chi connectivity index (χ4n) is 2.90. The molecule has 83 valence electrons. The number of para-hydroxylation sites is 1. The van der Waals surface area contributed by atoms with Gasteiger partial charge in [-0.2, -0.15) is 0 Å². The van der Waals surface area contributed by atoms with Crippen LogP contribution in [-0.2, 0) is 0 Å². The molecule has 1 heterocycles. The molecule has 2 nitrogen and oxygen atoms in total. The van der Waals surface area contributed by atoms with Crippen molar-refractivity contribution in [2.45, 2.75) is 32.2 Å². The highest BCUT2D eigenvalue weighted by Gasteiger charge is 2.33. The maximum atomic E-state index is 6.14. The van der Waals surface area contributed by atoms with Crippen LogP contribution in [0.2, 0.25) is 0 Å². The lowest BCUT2D eigenvalue weighted by Crippen LogP contribution is -2.29. The van der Waals surface area contributed by atoms with Crippen molar-refractivity contribution < 1.29 is 0 Å². The van der Waals surface area contributed by atoms with E-state index < -0.39 is 0 Å². The van der Waals surface area contributed by atoms with Gasteiger partial charge < -0.3 is 5.73 Å². The van der Waals surface area contributed by atoms with Crippen LogP contribution in [0.15, 0.2) is 30.0 Å². The van der Waals surface area contributed by atoms with Crippen LogP contribution in [-0.4, -0.2) is 6.04 Å². The predicted octanol–water partition coefficient (Wildman–Crippen LogP) is 2.79. The molecule has 0 aromatic heterocycles. The van der Waals surface area contributed by atoms with E-state index in [1.165, 1.54) is 16.8 Å². The first kappa shape index (κ1) is 9.91. The first-order chi connectivity index (χ1) is 7.79. The molecule has 1 aliphatic heterocycles. The van der Waals surface area contributed by atoms with E-state index >= 15 is 0 Å². The molecular weight excluding hydrogens is 196 g/mol. The van der Waals surface area contributed by atoms with Crippen LogP contribution in [0.4, 0.5) is 5.69 Å². The summed E-state index contributed by atoms with van der Waals surface area (Å²) in [6, 6.07) is 8.73. The van der Waals surface area contributed by atoms with Crippen LogP contribution in [0.5, 0.6) is 0 Å². The molecule has 2 atom stereocenters. The lowest BCUT2D eigenvalue weighted by Gasteiger charge is -2.27. The molecule has 1 aromatic rings. The van der Waals surface area contributed by atoms with Crippen molar-refractivity contribution in [3.63, 3.8) is 0 Å². The van der Waals surface area contributed by atoms with Crippen LogP contribution in [0.3, 0.4) is 0 Å². The Bertz CT molecular complexity index is 448. The second-order valence-electron chi connectivity index (χ2n) is 4.80. The van der Waals surface area contributed by atoms with E-state index in [1.807, 2.05) is 0 Å². The minimum atomic E-state index is 0.310. The molecule has 1 aromatic carbocycles. The molecule has 0 spiro atoms. The van der Waals surface area contributed by atoms with Crippen molar-refractivity contribution in [3.8, 4) is 0 Å². The molecule has 2 aliphatic rings. The summed E-state index contributed by atoms with van der Waals surface area (Å²) in [5.41, 5.74) is 11.3. The third-order valence-electron chi connectivity index (χ3n) is 3.71. The zero-order valence-corrected chi connectivity index (χ0v) is 9.61. The summed E-state index contributed by atoms with van der Waals surface area (Å²) in [5, 5.41) is 4.78. The Morgan fingerprint density at radius 2 is 2.19 bits per heavy atom. The summed E-state index contributed by atoms with van der Waals surface area (Å²) in [7, 11) is 0. The van der Waals surface area contributed by atoms with Crippen LogP contribution in [0.1, 0.15) is 31.7 Å². The lowest BCUT2D eigenvalue weighted by atomic mass is 9.82. The first-order valence-electron chi connectivity index (χ1n) is 6.09. The average Bonchev–Trinajstić information content (AvgIpc) is 2.67. The van der Waals surface area contributed by atoms with E-state index in [2.05, 4.69) is 31.2 Å². The van der Waals surface area contributed by atoms with Gasteiger partial charge in [0.2, 0.25) is 0 Å². The Balaban J connectivity index is 2.06. The molecule has 3 rings (SSSR count). The van der Waals surface area contributed by atoms with Crippen LogP contribution in [0, 0.1) is 5.92 Å². The zero-order valence-electron chi connectivity index (χ0n) is 9.61. The van der Waals surface area contributed by atoms with Gasteiger partial charge in [-0.25, -0.2) is 0 Å². The Kier molecular flexibility index (Phi) is 2.25. The highest BCUT2D eigenvalue weighted by molar-refractivity contribution is 5.83. The van der Waals surface area contributed by atoms with Crippen molar-refractivity contribution in [1.29, 1.82) is 0 Å². The third-order valence-corrected chi connectivity index (χ3v) is 3.71. The Labute approximate surface area is 96.5 Å². The van der Waals surface area contributed by atoms with Crippen molar-refractivity contribution in [2.75, 3.05) is 0 Å². The SMILES string of the molecule is CCC1C[C@@H](N)CC2=C1[N]c1ccccc12. The Morgan fingerprint density at radius 1 is 1.38 bits per heavy atom. The van der Waals surface area contributed by atoms with Gasteiger partial charge in [-0.15, -0.1) is 0 Å². The standard InChI is InChI=1S/C14H17N2/c1-2-9-7-10(15)8-12-11-5-3-4-6-13(11)16-14(9)12/h3-6,9-10H,2,7-8,15H2,1H3/t9?,10-/m1/s1. The van der Waals surface area contributed by atoms with Gasteiger partial charge in [0, 0.05) is 23.2 Å². The summed E-state index contributed by atoms with van der Waals surface area (Å²) in [4.78, 5) is 0. The number of nitrogens with two attached hydrogens (primary N) is 1. The number of nitrogens with zero attached hydrogens (tertiary/aromatic N) is 1. The fraction of sp³-hybridized carbons (Fsp3) is 0.429. The smallest absolute Gasteiger partial charge is 0.0708 e. The van der Waals surface area contributed by atoms with Crippen molar-refractivity contribution >= 4 is 11.3 Å². The molecule has 16 heavy (non-hydrogen) atoms. The number of rotatable bonds is 1. The van der Waals surface area contributed by atoms with Gasteiger partial charge in [-0.05, 0) is 30.9 Å². The van der Waals surface area contributed by atoms with Gasteiger partial charge in [-0.1, -0.05) is 25.1 Å². The number of fused-ring (bicyclic) bond motifs is 2. The quantitative estimate of drug-likeness (QED) is 0.765. The van der Waals surface area contributed by atoms with E-state index in [0.29, 0.717) is 12.0 Å². The van der Waals surface area contributed by atoms with E-state index in [-0.39, 0.29) is 0 Å². The molecule has 2 heteroatoms. The predicted molar refractivity (Wildman–Crippen MR) is 66.1 cm³/mol. The van der Waals surface area contributed by atoms with Crippen molar-refractivity contribution in [2.24, 2.45) is 11.7 Å². The number of hydrogen-bond donors (Lipinski definition) is 1. The summed E-state index contributed by atoms with van der Waals surface area (Å²) in [5.74, 6) is 0.561. The normalized spacial score (nSPS) is 27.4.